The summed E-state index contributed by atoms with van der Waals surface area (Å²) >= 11 is 0. The van der Waals surface area contributed by atoms with Crippen LogP contribution in [0.4, 0.5) is 5.69 Å². The van der Waals surface area contributed by atoms with E-state index in [2.05, 4.69) is 34.0 Å². The average molecular weight is 486 g/mol. The maximum atomic E-state index is 13.4. The molecule has 0 spiro atoms. The van der Waals surface area contributed by atoms with Crippen molar-refractivity contribution in [3.63, 3.8) is 0 Å². The Bertz CT molecular complexity index is 989. The van der Waals surface area contributed by atoms with E-state index in [-0.39, 0.29) is 36.5 Å². The molecule has 1 aromatic carbocycles. The van der Waals surface area contributed by atoms with Gasteiger partial charge in [0.05, 0.1) is 11.7 Å². The van der Waals surface area contributed by atoms with Gasteiger partial charge in [-0.1, -0.05) is 6.92 Å². The minimum atomic E-state index is -0.301. The van der Waals surface area contributed by atoms with Gasteiger partial charge in [-0.3, -0.25) is 14.5 Å². The molecular weight excluding hydrogens is 450 g/mol. The van der Waals surface area contributed by atoms with Crippen molar-refractivity contribution >= 4 is 17.5 Å². The Kier molecular flexibility index (Phi) is 9.53. The van der Waals surface area contributed by atoms with Crippen LogP contribution in [0.2, 0.25) is 0 Å². The third-order valence-corrected chi connectivity index (χ3v) is 6.13. The zero-order valence-electron chi connectivity index (χ0n) is 21.1. The minimum Gasteiger partial charge on any atom is -0.491 e. The van der Waals surface area contributed by atoms with Crippen LogP contribution in [0.5, 0.6) is 5.75 Å². The number of anilines is 1. The van der Waals surface area contributed by atoms with E-state index in [0.717, 1.165) is 12.1 Å². The van der Waals surface area contributed by atoms with Crippen molar-refractivity contribution in [2.75, 3.05) is 52.9 Å². The van der Waals surface area contributed by atoms with Crippen molar-refractivity contribution in [2.24, 2.45) is 5.92 Å². The smallest absolute Gasteiger partial charge is 0.257 e. The van der Waals surface area contributed by atoms with E-state index in [0.29, 0.717) is 36.7 Å². The van der Waals surface area contributed by atoms with E-state index in [1.807, 2.05) is 12.4 Å². The Labute approximate surface area is 206 Å². The first-order chi connectivity index (χ1) is 16.8. The molecule has 1 aliphatic rings. The molecule has 35 heavy (non-hydrogen) atoms. The van der Waals surface area contributed by atoms with Gasteiger partial charge in [-0.2, -0.15) is 0 Å². The second kappa shape index (κ2) is 12.6. The molecule has 190 valence electrons. The normalized spacial score (nSPS) is 21.9. The predicted molar refractivity (Wildman–Crippen MR) is 131 cm³/mol. The Hall–Kier alpha value is -3.08. The summed E-state index contributed by atoms with van der Waals surface area (Å²) in [5.74, 6) is 0.0956. The van der Waals surface area contributed by atoms with Crippen molar-refractivity contribution in [2.45, 2.75) is 32.5 Å². The largest absolute Gasteiger partial charge is 0.491 e. The van der Waals surface area contributed by atoms with Gasteiger partial charge in [-0.05, 0) is 31.0 Å². The van der Waals surface area contributed by atoms with Gasteiger partial charge >= 0.3 is 0 Å². The van der Waals surface area contributed by atoms with Gasteiger partial charge in [-0.25, -0.2) is 9.97 Å². The van der Waals surface area contributed by atoms with Crippen LogP contribution in [0, 0.1) is 5.92 Å². The summed E-state index contributed by atoms with van der Waals surface area (Å²) in [6, 6.07) is 5.11. The third-order valence-electron chi connectivity index (χ3n) is 6.13. The first-order valence-corrected chi connectivity index (χ1v) is 11.6. The lowest BCUT2D eigenvalue weighted by Gasteiger charge is -2.36. The fourth-order valence-electron chi connectivity index (χ4n) is 4.12. The molecule has 2 aromatic rings. The second-order valence-corrected chi connectivity index (χ2v) is 8.97. The number of carbonyl (C=O) groups is 2. The molecule has 0 bridgehead atoms. The number of hydrogen-bond donors (Lipinski definition) is 1. The van der Waals surface area contributed by atoms with Crippen LogP contribution in [0.3, 0.4) is 0 Å². The number of fused-ring (bicyclic) bond motifs is 1. The standard InChI is InChI=1S/C25H35N5O5/c1-17-11-30(12-19-9-26-16-27-10-19)18(2)14-35-22-7-6-20(28-24(31)15-33-4)8-21(22)25(32)29(3)13-23(17)34-5/h6-10,16-18,23H,11-15H2,1-5H3,(H,28,31)/t17-,18-,23-/m0/s1. The summed E-state index contributed by atoms with van der Waals surface area (Å²) in [6.45, 7) is 6.34. The van der Waals surface area contributed by atoms with Crippen molar-refractivity contribution in [1.82, 2.24) is 19.8 Å². The number of nitrogens with zero attached hydrogens (tertiary/aromatic N) is 4. The molecule has 3 atom stereocenters. The zero-order chi connectivity index (χ0) is 25.4. The summed E-state index contributed by atoms with van der Waals surface area (Å²) in [5, 5.41) is 2.75. The number of carbonyl (C=O) groups excluding carboxylic acids is 2. The van der Waals surface area contributed by atoms with Gasteiger partial charge in [-0.15, -0.1) is 0 Å². The van der Waals surface area contributed by atoms with Gasteiger partial charge in [0.1, 0.15) is 25.3 Å². The zero-order valence-corrected chi connectivity index (χ0v) is 21.1. The fraction of sp³-hybridized carbons (Fsp3) is 0.520. The maximum absolute atomic E-state index is 13.4. The highest BCUT2D eigenvalue weighted by molar-refractivity contribution is 5.99. The summed E-state index contributed by atoms with van der Waals surface area (Å²) < 4.78 is 16.8. The van der Waals surface area contributed by atoms with Gasteiger partial charge in [0.2, 0.25) is 5.91 Å². The van der Waals surface area contributed by atoms with Crippen molar-refractivity contribution in [1.29, 1.82) is 0 Å². The Morgan fingerprint density at radius 2 is 1.94 bits per heavy atom. The number of aromatic nitrogens is 2. The van der Waals surface area contributed by atoms with E-state index in [4.69, 9.17) is 14.2 Å². The average Bonchev–Trinajstić information content (AvgIpc) is 2.85. The van der Waals surface area contributed by atoms with Crippen LogP contribution >= 0.6 is 0 Å². The number of methoxy groups -OCH3 is 2. The summed E-state index contributed by atoms with van der Waals surface area (Å²) in [6.07, 6.45) is 4.98. The summed E-state index contributed by atoms with van der Waals surface area (Å²) in [7, 11) is 4.87. The lowest BCUT2D eigenvalue weighted by Crippen LogP contribution is -2.46. The summed E-state index contributed by atoms with van der Waals surface area (Å²) in [5.41, 5.74) is 1.89. The molecule has 10 heteroatoms. The molecule has 1 aliphatic heterocycles. The Balaban J connectivity index is 1.92. The lowest BCUT2D eigenvalue weighted by molar-refractivity contribution is -0.119. The van der Waals surface area contributed by atoms with Gasteiger partial charge in [0.15, 0.2) is 0 Å². The molecule has 0 saturated carbocycles. The molecule has 0 unspecified atom stereocenters. The summed E-state index contributed by atoms with van der Waals surface area (Å²) in [4.78, 5) is 37.6. The van der Waals surface area contributed by atoms with Gasteiger partial charge in [0, 0.05) is 70.6 Å². The maximum Gasteiger partial charge on any atom is 0.257 e. The second-order valence-electron chi connectivity index (χ2n) is 8.97. The van der Waals surface area contributed by atoms with Gasteiger partial charge in [0.25, 0.3) is 5.91 Å². The first kappa shape index (κ1) is 26.5. The number of amides is 2. The Morgan fingerprint density at radius 3 is 2.63 bits per heavy atom. The topological polar surface area (TPSA) is 106 Å². The van der Waals surface area contributed by atoms with E-state index in [1.54, 1.807) is 37.3 Å². The van der Waals surface area contributed by atoms with Crippen molar-refractivity contribution in [3.05, 3.63) is 48.0 Å². The molecule has 1 aromatic heterocycles. The number of nitrogens with one attached hydrogen (secondary N) is 1. The van der Waals surface area contributed by atoms with Crippen LogP contribution in [0.1, 0.15) is 29.8 Å². The van der Waals surface area contributed by atoms with Crippen molar-refractivity contribution < 1.29 is 23.8 Å². The van der Waals surface area contributed by atoms with E-state index in [1.165, 1.54) is 13.4 Å². The number of rotatable bonds is 6. The SMILES string of the molecule is COCC(=O)Nc1ccc2c(c1)C(=O)N(C)C[C@H](OC)[C@@H](C)CN(Cc1cncnc1)[C@@H](C)CO2. The monoisotopic (exact) mass is 485 g/mol. The van der Waals surface area contributed by atoms with E-state index >= 15 is 0 Å². The van der Waals surface area contributed by atoms with E-state index in [9.17, 15) is 9.59 Å². The van der Waals surface area contributed by atoms with Crippen LogP contribution in [-0.2, 0) is 20.8 Å². The molecule has 2 heterocycles. The predicted octanol–water partition coefficient (Wildman–Crippen LogP) is 2.07. The third kappa shape index (κ3) is 7.20. The molecule has 0 aliphatic carbocycles. The highest BCUT2D eigenvalue weighted by Gasteiger charge is 2.28. The van der Waals surface area contributed by atoms with E-state index < -0.39 is 0 Å². The molecule has 10 nitrogen and oxygen atoms in total. The van der Waals surface area contributed by atoms with Crippen LogP contribution in [-0.4, -0.2) is 91.3 Å². The fourth-order valence-corrected chi connectivity index (χ4v) is 4.12. The highest BCUT2D eigenvalue weighted by Crippen LogP contribution is 2.26. The number of likely N-dealkylation sites (N-methyl/N-ethyl adjacent to an activating group) is 1. The molecule has 3 rings (SSSR count). The molecule has 0 radical (unpaired) electrons. The van der Waals surface area contributed by atoms with Crippen molar-refractivity contribution in [3.8, 4) is 5.75 Å². The quantitative estimate of drug-likeness (QED) is 0.663. The minimum absolute atomic E-state index is 0.0383. The number of hydrogen-bond acceptors (Lipinski definition) is 8. The van der Waals surface area contributed by atoms with Crippen LogP contribution in [0.15, 0.2) is 36.9 Å². The number of ether oxygens (including phenoxy) is 3. The molecule has 0 saturated heterocycles. The van der Waals surface area contributed by atoms with Crippen LogP contribution in [0.25, 0.3) is 0 Å². The number of benzene rings is 1. The van der Waals surface area contributed by atoms with Crippen LogP contribution < -0.4 is 10.1 Å². The molecule has 0 fully saturated rings. The molecular formula is C25H35N5O5. The van der Waals surface area contributed by atoms with Gasteiger partial charge < -0.3 is 24.4 Å². The Morgan fingerprint density at radius 1 is 1.20 bits per heavy atom. The molecule has 1 N–H and O–H groups in total. The highest BCUT2D eigenvalue weighted by atomic mass is 16.5. The lowest BCUT2D eigenvalue weighted by atomic mass is 10.0. The molecule has 2 amide bonds. The first-order valence-electron chi connectivity index (χ1n) is 11.6.